The van der Waals surface area contributed by atoms with Gasteiger partial charge in [-0.2, -0.15) is 0 Å². The van der Waals surface area contributed by atoms with Gasteiger partial charge < -0.3 is 19.5 Å². The van der Waals surface area contributed by atoms with Crippen LogP contribution in [0.15, 0.2) is 46.8 Å². The monoisotopic (exact) mass is 430 g/mol. The van der Waals surface area contributed by atoms with Crippen LogP contribution in [0.25, 0.3) is 10.9 Å². The highest BCUT2D eigenvalue weighted by Crippen LogP contribution is 2.42. The highest BCUT2D eigenvalue weighted by molar-refractivity contribution is 6.31. The molecule has 0 bridgehead atoms. The SMILES string of the molecule is CCOc1ccc2nc(Cl)c(C3C(C(=O)OC)=C(C)NC(C)=C3C(=O)OC)cc2c1. The van der Waals surface area contributed by atoms with Gasteiger partial charge >= 0.3 is 11.9 Å². The predicted molar refractivity (Wildman–Crippen MR) is 113 cm³/mol. The van der Waals surface area contributed by atoms with Crippen molar-refractivity contribution in [3.63, 3.8) is 0 Å². The number of pyridine rings is 1. The maximum Gasteiger partial charge on any atom is 0.336 e. The van der Waals surface area contributed by atoms with Crippen LogP contribution in [0.4, 0.5) is 0 Å². The fraction of sp³-hybridized carbons (Fsp3) is 0.318. The number of hydrogen-bond acceptors (Lipinski definition) is 7. The first-order valence-corrected chi connectivity index (χ1v) is 9.78. The standard InChI is InChI=1S/C22H23ClN2O5/c1-6-30-14-7-8-16-13(9-14)10-15(20(23)25-16)19-17(21(26)28-4)11(2)24-12(3)18(19)22(27)29-5/h7-10,19,24H,6H2,1-5H3. The Morgan fingerprint density at radius 3 is 2.20 bits per heavy atom. The summed E-state index contributed by atoms with van der Waals surface area (Å²) in [6.45, 7) is 5.91. The van der Waals surface area contributed by atoms with Crippen LogP contribution < -0.4 is 10.1 Å². The summed E-state index contributed by atoms with van der Waals surface area (Å²) in [6, 6.07) is 7.28. The van der Waals surface area contributed by atoms with Gasteiger partial charge in [0, 0.05) is 22.3 Å². The number of ether oxygens (including phenoxy) is 3. The molecular formula is C22H23ClN2O5. The van der Waals surface area contributed by atoms with Crippen molar-refractivity contribution < 1.29 is 23.8 Å². The molecule has 8 heteroatoms. The lowest BCUT2D eigenvalue weighted by atomic mass is 9.80. The molecule has 30 heavy (non-hydrogen) atoms. The Hall–Kier alpha value is -3.06. The second-order valence-corrected chi connectivity index (χ2v) is 7.13. The number of nitrogens with one attached hydrogen (secondary N) is 1. The van der Waals surface area contributed by atoms with Crippen molar-refractivity contribution in [3.8, 4) is 5.75 Å². The molecule has 7 nitrogen and oxygen atoms in total. The van der Waals surface area contributed by atoms with E-state index in [9.17, 15) is 9.59 Å². The maximum atomic E-state index is 12.7. The number of halogens is 1. The van der Waals surface area contributed by atoms with E-state index >= 15 is 0 Å². The number of methoxy groups -OCH3 is 2. The Morgan fingerprint density at radius 1 is 1.07 bits per heavy atom. The van der Waals surface area contributed by atoms with Gasteiger partial charge in [-0.25, -0.2) is 14.6 Å². The highest BCUT2D eigenvalue weighted by atomic mass is 35.5. The Labute approximate surface area is 179 Å². The average molecular weight is 431 g/mol. The van der Waals surface area contributed by atoms with E-state index in [1.807, 2.05) is 31.2 Å². The molecule has 1 aromatic heterocycles. The quantitative estimate of drug-likeness (QED) is 0.569. The molecule has 0 saturated heterocycles. The summed E-state index contributed by atoms with van der Waals surface area (Å²) >= 11 is 6.55. The van der Waals surface area contributed by atoms with E-state index in [-0.39, 0.29) is 16.3 Å². The van der Waals surface area contributed by atoms with Gasteiger partial charge in [-0.3, -0.25) is 0 Å². The summed E-state index contributed by atoms with van der Waals surface area (Å²) in [6.07, 6.45) is 0. The summed E-state index contributed by atoms with van der Waals surface area (Å²) in [5.41, 5.74) is 2.84. The number of hydrogen-bond donors (Lipinski definition) is 1. The third kappa shape index (κ3) is 3.85. The topological polar surface area (TPSA) is 86.8 Å². The predicted octanol–water partition coefficient (Wildman–Crippen LogP) is 3.87. The molecule has 1 aliphatic rings. The van der Waals surface area contributed by atoms with Gasteiger partial charge in [0.25, 0.3) is 0 Å². The fourth-order valence-electron chi connectivity index (χ4n) is 3.67. The van der Waals surface area contributed by atoms with Crippen LogP contribution in [0.1, 0.15) is 32.3 Å². The Kier molecular flexibility index (Phi) is 6.31. The zero-order valence-electron chi connectivity index (χ0n) is 17.5. The molecule has 0 spiro atoms. The van der Waals surface area contributed by atoms with E-state index < -0.39 is 17.9 Å². The van der Waals surface area contributed by atoms with Crippen LogP contribution in [0, 0.1) is 0 Å². The molecule has 1 aromatic carbocycles. The third-order valence-electron chi connectivity index (χ3n) is 4.96. The molecule has 158 valence electrons. The van der Waals surface area contributed by atoms with Gasteiger partial charge in [-0.05, 0) is 45.0 Å². The van der Waals surface area contributed by atoms with E-state index in [1.165, 1.54) is 14.2 Å². The molecule has 0 aliphatic carbocycles. The minimum Gasteiger partial charge on any atom is -0.494 e. The first kappa shape index (κ1) is 21.6. The number of dihydropyridines is 1. The highest BCUT2D eigenvalue weighted by Gasteiger charge is 2.39. The number of carbonyl (C=O) groups is 2. The van der Waals surface area contributed by atoms with Gasteiger partial charge in [0.15, 0.2) is 0 Å². The average Bonchev–Trinajstić information content (AvgIpc) is 2.72. The van der Waals surface area contributed by atoms with Gasteiger partial charge in [0.2, 0.25) is 0 Å². The van der Waals surface area contributed by atoms with Crippen molar-refractivity contribution in [2.75, 3.05) is 20.8 Å². The van der Waals surface area contributed by atoms with Gasteiger partial charge in [-0.1, -0.05) is 11.6 Å². The fourth-order valence-corrected chi connectivity index (χ4v) is 3.93. The molecule has 0 fully saturated rings. The number of allylic oxidation sites excluding steroid dienone is 2. The summed E-state index contributed by atoms with van der Waals surface area (Å²) in [4.78, 5) is 29.8. The van der Waals surface area contributed by atoms with E-state index in [0.717, 1.165) is 5.39 Å². The van der Waals surface area contributed by atoms with E-state index in [1.54, 1.807) is 13.8 Å². The molecule has 3 rings (SSSR count). The molecule has 0 atom stereocenters. The zero-order chi connectivity index (χ0) is 22.0. The number of nitrogens with zero attached hydrogens (tertiary/aromatic N) is 1. The van der Waals surface area contributed by atoms with Gasteiger partial charge in [0.05, 0.1) is 43.4 Å². The number of esters is 2. The first-order chi connectivity index (χ1) is 14.3. The molecule has 1 aliphatic heterocycles. The molecule has 2 heterocycles. The Morgan fingerprint density at radius 2 is 1.67 bits per heavy atom. The second kappa shape index (κ2) is 8.75. The molecule has 0 amide bonds. The molecule has 2 aromatic rings. The van der Waals surface area contributed by atoms with Crippen LogP contribution >= 0.6 is 11.6 Å². The molecular weight excluding hydrogens is 408 g/mol. The lowest BCUT2D eigenvalue weighted by molar-refractivity contribution is -0.137. The number of rotatable bonds is 5. The van der Waals surface area contributed by atoms with Crippen molar-refractivity contribution in [1.29, 1.82) is 0 Å². The first-order valence-electron chi connectivity index (χ1n) is 9.40. The number of aromatic nitrogens is 1. The molecule has 0 unspecified atom stereocenters. The summed E-state index contributed by atoms with van der Waals surface area (Å²) in [5.74, 6) is -1.26. The van der Waals surface area contributed by atoms with Crippen molar-refractivity contribution in [2.45, 2.75) is 26.7 Å². The largest absolute Gasteiger partial charge is 0.494 e. The summed E-state index contributed by atoms with van der Waals surface area (Å²) in [5, 5.41) is 4.01. The van der Waals surface area contributed by atoms with E-state index in [0.29, 0.717) is 34.8 Å². The maximum absolute atomic E-state index is 12.7. The number of benzene rings is 1. The minimum absolute atomic E-state index is 0.182. The van der Waals surface area contributed by atoms with Crippen LogP contribution in [0.5, 0.6) is 5.75 Å². The van der Waals surface area contributed by atoms with Crippen LogP contribution in [-0.2, 0) is 19.1 Å². The van der Waals surface area contributed by atoms with Gasteiger partial charge in [0.1, 0.15) is 10.9 Å². The molecule has 0 radical (unpaired) electrons. The normalized spacial score (nSPS) is 14.6. The Balaban J connectivity index is 2.29. The molecule has 0 saturated carbocycles. The van der Waals surface area contributed by atoms with Crippen molar-refractivity contribution in [2.24, 2.45) is 0 Å². The summed E-state index contributed by atoms with van der Waals surface area (Å²) < 4.78 is 15.6. The lowest BCUT2D eigenvalue weighted by Crippen LogP contribution is -2.32. The smallest absolute Gasteiger partial charge is 0.336 e. The van der Waals surface area contributed by atoms with E-state index in [4.69, 9.17) is 25.8 Å². The van der Waals surface area contributed by atoms with Crippen molar-refractivity contribution >= 4 is 34.4 Å². The van der Waals surface area contributed by atoms with Crippen LogP contribution in [0.2, 0.25) is 5.15 Å². The molecule has 1 N–H and O–H groups in total. The van der Waals surface area contributed by atoms with Crippen LogP contribution in [-0.4, -0.2) is 37.7 Å². The zero-order valence-corrected chi connectivity index (χ0v) is 18.2. The lowest BCUT2D eigenvalue weighted by Gasteiger charge is -2.30. The number of fused-ring (bicyclic) bond motifs is 1. The van der Waals surface area contributed by atoms with Gasteiger partial charge in [-0.15, -0.1) is 0 Å². The van der Waals surface area contributed by atoms with Crippen molar-refractivity contribution in [3.05, 3.63) is 57.5 Å². The summed E-state index contributed by atoms with van der Waals surface area (Å²) in [7, 11) is 2.58. The second-order valence-electron chi connectivity index (χ2n) is 6.77. The van der Waals surface area contributed by atoms with E-state index in [2.05, 4.69) is 10.3 Å². The number of carbonyl (C=O) groups excluding carboxylic acids is 2. The Bertz CT molecular complexity index is 1050. The minimum atomic E-state index is -0.800. The van der Waals surface area contributed by atoms with Crippen LogP contribution in [0.3, 0.4) is 0 Å². The van der Waals surface area contributed by atoms with Crippen molar-refractivity contribution in [1.82, 2.24) is 10.3 Å². The third-order valence-corrected chi connectivity index (χ3v) is 5.26.